The van der Waals surface area contributed by atoms with Crippen LogP contribution in [-0.2, 0) is 0 Å². The number of hydrogen-bond acceptors (Lipinski definition) is 6. The molecule has 9 aromatic rings. The average Bonchev–Trinajstić information content (AvgIpc) is 3.86. The van der Waals surface area contributed by atoms with Crippen LogP contribution in [-0.4, -0.2) is 17.7 Å². The van der Waals surface area contributed by atoms with E-state index in [9.17, 15) is 4.39 Å². The molecule has 1 aromatic heterocycles. The van der Waals surface area contributed by atoms with Gasteiger partial charge in [-0.2, -0.15) is 0 Å². The predicted molar refractivity (Wildman–Crippen MR) is 268 cm³/mol. The number of benzene rings is 8. The Morgan fingerprint density at radius 1 is 0.544 bits per heavy atom. The van der Waals surface area contributed by atoms with Crippen LogP contribution in [0.1, 0.15) is 11.5 Å². The van der Waals surface area contributed by atoms with Crippen LogP contribution in [0.5, 0.6) is 0 Å². The Balaban J connectivity index is 1.05. The summed E-state index contributed by atoms with van der Waals surface area (Å²) in [5.74, 6) is -4.38. The number of aliphatic imine (C=N–C) groups is 1. The SMILES string of the molecule is [O-][N+]1(c2cc(-c3cc(F)c(F)c(F)c3)cc(N3C4=CC=NCC4c4cc(N(c5ccccc5)c5ccccc5)ccc43)c2)c2ccncc2-c2cc(N(c3ccccc3)c3ccccc3)ccc21. The highest BCUT2D eigenvalue weighted by Crippen LogP contribution is 2.60. The van der Waals surface area contributed by atoms with Gasteiger partial charge in [0.25, 0.3) is 0 Å². The van der Waals surface area contributed by atoms with Crippen molar-refractivity contribution >= 4 is 68.8 Å². The first-order valence-corrected chi connectivity index (χ1v) is 22.3. The second-order valence-electron chi connectivity index (χ2n) is 16.9. The number of para-hydroxylation sites is 4. The molecule has 3 aliphatic rings. The summed E-state index contributed by atoms with van der Waals surface area (Å²) in [5, 5.41) is 16.5. The zero-order valence-corrected chi connectivity index (χ0v) is 36.3. The van der Waals surface area contributed by atoms with Crippen LogP contribution in [0.15, 0.2) is 223 Å². The van der Waals surface area contributed by atoms with Crippen LogP contribution >= 0.6 is 0 Å². The van der Waals surface area contributed by atoms with Gasteiger partial charge in [-0.25, -0.2) is 13.2 Å². The van der Waals surface area contributed by atoms with Gasteiger partial charge in [0.1, 0.15) is 5.69 Å². The van der Waals surface area contributed by atoms with Crippen LogP contribution in [0.3, 0.4) is 0 Å². The molecule has 12 rings (SSSR count). The number of hydrogen-bond donors (Lipinski definition) is 0. The Labute approximate surface area is 391 Å². The van der Waals surface area contributed by atoms with Crippen LogP contribution in [0.25, 0.3) is 22.3 Å². The smallest absolute Gasteiger partial charge is 0.194 e. The van der Waals surface area contributed by atoms with Crippen molar-refractivity contribution in [2.24, 2.45) is 4.99 Å². The van der Waals surface area contributed by atoms with Gasteiger partial charge < -0.3 is 19.9 Å². The number of pyridine rings is 1. The van der Waals surface area contributed by atoms with Crippen molar-refractivity contribution in [2.45, 2.75) is 5.92 Å². The maximum absolute atomic E-state index is 16.5. The Hall–Kier alpha value is -8.57. The zero-order chi connectivity index (χ0) is 45.9. The fraction of sp³-hybridized carbons (Fsp3) is 0.0345. The maximum atomic E-state index is 16.5. The molecule has 2 atom stereocenters. The molecule has 4 heterocycles. The Kier molecular flexibility index (Phi) is 9.86. The molecule has 68 heavy (non-hydrogen) atoms. The van der Waals surface area contributed by atoms with Crippen molar-refractivity contribution in [1.82, 2.24) is 9.63 Å². The third kappa shape index (κ3) is 6.68. The largest absolute Gasteiger partial charge is 0.616 e. The quantitative estimate of drug-likeness (QED) is 0.0821. The minimum absolute atomic E-state index is 0.0778. The summed E-state index contributed by atoms with van der Waals surface area (Å²) < 4.78 is 43.9. The van der Waals surface area contributed by atoms with Crippen molar-refractivity contribution in [3.63, 3.8) is 0 Å². The fourth-order valence-corrected chi connectivity index (χ4v) is 10.0. The molecule has 0 N–H and O–H groups in total. The number of dihydropyridines is 1. The summed E-state index contributed by atoms with van der Waals surface area (Å²) in [6, 6.07) is 61.6. The average molecular weight is 893 g/mol. The second-order valence-corrected chi connectivity index (χ2v) is 16.9. The zero-order valence-electron chi connectivity index (χ0n) is 36.3. The van der Waals surface area contributed by atoms with Crippen molar-refractivity contribution in [3.8, 4) is 22.3 Å². The highest BCUT2D eigenvalue weighted by Gasteiger charge is 2.42. The van der Waals surface area contributed by atoms with Gasteiger partial charge in [-0.1, -0.05) is 72.8 Å². The third-order valence-electron chi connectivity index (χ3n) is 13.0. The second kappa shape index (κ2) is 16.4. The standard InChI is InChI=1S/C58H39F3N6O/c59-52-31-39(32-53(60)58(52)61)38-29-46(66-54-23-21-44(34-48(54)50-36-62-27-25-55(50)66)64(40-13-5-1-6-14-40)41-15-7-2-8-16-41)33-47(30-38)67(68)56-24-22-45(35-49(56)51-37-63-28-26-57(51)67)65(42-17-9-3-10-18-42)43-19-11-4-12-20-43/h1-35,37,50H,36H2. The first-order valence-electron chi connectivity index (χ1n) is 22.3. The normalized spacial score (nSPS) is 16.4. The van der Waals surface area contributed by atoms with Gasteiger partial charge in [0, 0.05) is 94.3 Å². The molecule has 0 radical (unpaired) electrons. The summed E-state index contributed by atoms with van der Waals surface area (Å²) in [6.07, 6.45) is 7.07. The van der Waals surface area contributed by atoms with Crippen LogP contribution in [0.4, 0.5) is 75.7 Å². The lowest BCUT2D eigenvalue weighted by Crippen LogP contribution is -2.29. The van der Waals surface area contributed by atoms with E-state index < -0.39 is 22.1 Å². The molecule has 0 fully saturated rings. The lowest BCUT2D eigenvalue weighted by Gasteiger charge is -2.39. The molecule has 0 saturated carbocycles. The van der Waals surface area contributed by atoms with Crippen molar-refractivity contribution in [2.75, 3.05) is 21.2 Å². The molecule has 0 aliphatic carbocycles. The molecule has 0 saturated heterocycles. The summed E-state index contributed by atoms with van der Waals surface area (Å²) in [6.45, 7) is 0.483. The minimum atomic E-state index is -1.57. The molecule has 2 unspecified atom stereocenters. The fourth-order valence-electron chi connectivity index (χ4n) is 10.0. The van der Waals surface area contributed by atoms with Crippen molar-refractivity contribution in [1.29, 1.82) is 0 Å². The van der Waals surface area contributed by atoms with E-state index in [1.165, 1.54) is 0 Å². The lowest BCUT2D eigenvalue weighted by molar-refractivity contribution is 0.447. The molecule has 3 aliphatic heterocycles. The number of fused-ring (bicyclic) bond motifs is 6. The number of quaternary nitrogens is 1. The molecule has 0 spiro atoms. The van der Waals surface area contributed by atoms with E-state index in [0.29, 0.717) is 40.3 Å². The highest BCUT2D eigenvalue weighted by atomic mass is 19.2. The van der Waals surface area contributed by atoms with Crippen LogP contribution < -0.4 is 19.3 Å². The highest BCUT2D eigenvalue weighted by molar-refractivity contribution is 6.01. The Morgan fingerprint density at radius 2 is 1.09 bits per heavy atom. The van der Waals surface area contributed by atoms with Crippen LogP contribution in [0.2, 0.25) is 0 Å². The van der Waals surface area contributed by atoms with E-state index in [1.54, 1.807) is 36.8 Å². The van der Waals surface area contributed by atoms with Gasteiger partial charge in [-0.3, -0.25) is 14.6 Å². The van der Waals surface area contributed by atoms with E-state index >= 15 is 14.0 Å². The summed E-state index contributed by atoms with van der Waals surface area (Å²) in [5.41, 5.74) is 11.9. The van der Waals surface area contributed by atoms with E-state index in [1.807, 2.05) is 127 Å². The van der Waals surface area contributed by atoms with E-state index in [-0.39, 0.29) is 17.2 Å². The van der Waals surface area contributed by atoms with E-state index in [2.05, 4.69) is 62.1 Å². The number of halogens is 3. The lowest BCUT2D eigenvalue weighted by atomic mass is 9.96. The summed E-state index contributed by atoms with van der Waals surface area (Å²) in [7, 11) is 0. The van der Waals surface area contributed by atoms with Gasteiger partial charge >= 0.3 is 0 Å². The first kappa shape index (κ1) is 40.9. The first-order chi connectivity index (χ1) is 33.3. The van der Waals surface area contributed by atoms with E-state index in [4.69, 9.17) is 4.99 Å². The molecule has 0 amide bonds. The Morgan fingerprint density at radius 3 is 1.69 bits per heavy atom. The molecule has 0 bridgehead atoms. The third-order valence-corrected chi connectivity index (χ3v) is 13.0. The molecule has 8 aromatic carbocycles. The van der Waals surface area contributed by atoms with Gasteiger partial charge in [0.05, 0.1) is 23.4 Å². The molecular weight excluding hydrogens is 854 g/mol. The number of aromatic nitrogens is 1. The van der Waals surface area contributed by atoms with Gasteiger partial charge in [-0.15, -0.1) is 0 Å². The monoisotopic (exact) mass is 892 g/mol. The number of allylic oxidation sites excluding steroid dienone is 1. The molecule has 10 heteroatoms. The van der Waals surface area contributed by atoms with Gasteiger partial charge in [0.2, 0.25) is 0 Å². The van der Waals surface area contributed by atoms with E-state index in [0.717, 1.165) is 63.2 Å². The van der Waals surface area contributed by atoms with Crippen LogP contribution in [0, 0.1) is 22.7 Å². The topological polar surface area (TPSA) is 58.0 Å². The maximum Gasteiger partial charge on any atom is 0.194 e. The van der Waals surface area contributed by atoms with Crippen molar-refractivity contribution < 1.29 is 13.2 Å². The number of nitrogens with zero attached hydrogens (tertiary/aromatic N) is 6. The molecule has 328 valence electrons. The Bertz CT molecular complexity index is 3360. The molecular formula is C58H39F3N6O. The van der Waals surface area contributed by atoms with Gasteiger partial charge in [0.15, 0.2) is 28.8 Å². The summed E-state index contributed by atoms with van der Waals surface area (Å²) >= 11 is 0. The number of rotatable bonds is 9. The number of anilines is 8. The summed E-state index contributed by atoms with van der Waals surface area (Å²) in [4.78, 5) is 15.6. The molecule has 7 nitrogen and oxygen atoms in total. The van der Waals surface area contributed by atoms with Gasteiger partial charge in [-0.05, 0) is 120 Å². The van der Waals surface area contributed by atoms with Crippen molar-refractivity contribution in [3.05, 3.63) is 247 Å². The predicted octanol–water partition coefficient (Wildman–Crippen LogP) is 15.8. The minimum Gasteiger partial charge on any atom is -0.616 e.